The number of benzene rings is 3. The summed E-state index contributed by atoms with van der Waals surface area (Å²) >= 11 is 0. The first kappa shape index (κ1) is 28.8. The number of aldehydes is 1. The number of carbonyl (C=O) groups excluding carboxylic acids is 3. The lowest BCUT2D eigenvalue weighted by atomic mass is 9.90. The van der Waals surface area contributed by atoms with E-state index >= 15 is 0 Å². The largest absolute Gasteiger partial charge is 0.352 e. The van der Waals surface area contributed by atoms with Gasteiger partial charge in [0.2, 0.25) is 11.8 Å². The van der Waals surface area contributed by atoms with Gasteiger partial charge in [-0.05, 0) is 78.5 Å². The fourth-order valence-corrected chi connectivity index (χ4v) is 4.39. The molecule has 0 bridgehead atoms. The number of nitrogens with one attached hydrogen (secondary N) is 4. The summed E-state index contributed by atoms with van der Waals surface area (Å²) in [7, 11) is 0. The molecule has 2 amide bonds. The maximum atomic E-state index is 11.7. The molecule has 38 heavy (non-hydrogen) atoms. The maximum Gasteiger partial charge on any atom is 0.246 e. The molecule has 0 saturated carbocycles. The molecular formula is C31H38N4O3. The molecule has 200 valence electrons. The number of fused-ring (bicyclic) bond motifs is 2. The number of rotatable bonds is 15. The van der Waals surface area contributed by atoms with Crippen LogP contribution in [-0.4, -0.2) is 44.3 Å². The second-order valence-corrected chi connectivity index (χ2v) is 9.56. The Morgan fingerprint density at radius 3 is 1.66 bits per heavy atom. The average Bonchev–Trinajstić information content (AvgIpc) is 2.92. The summed E-state index contributed by atoms with van der Waals surface area (Å²) in [6, 6.07) is 14.2. The van der Waals surface area contributed by atoms with Crippen molar-refractivity contribution in [1.82, 2.24) is 21.3 Å². The molecule has 0 aromatic heterocycles. The minimum Gasteiger partial charge on any atom is -0.352 e. The van der Waals surface area contributed by atoms with Gasteiger partial charge in [0.05, 0.1) is 0 Å². The van der Waals surface area contributed by atoms with Crippen LogP contribution in [0, 0.1) is 0 Å². The minimum atomic E-state index is -0.121. The van der Waals surface area contributed by atoms with Crippen molar-refractivity contribution >= 4 is 39.6 Å². The van der Waals surface area contributed by atoms with E-state index < -0.39 is 0 Å². The van der Waals surface area contributed by atoms with Crippen molar-refractivity contribution in [3.8, 4) is 0 Å². The van der Waals surface area contributed by atoms with Crippen LogP contribution in [0.5, 0.6) is 0 Å². The first-order chi connectivity index (χ1) is 18.3. The molecule has 7 nitrogen and oxygen atoms in total. The number of hydrogen-bond acceptors (Lipinski definition) is 5. The molecule has 3 aromatic rings. The van der Waals surface area contributed by atoms with Gasteiger partial charge in [-0.1, -0.05) is 49.6 Å². The SMILES string of the molecule is C=C(C)C(=O)NCCCNCc1c2ccccc2c(CNCCCNC(=O)C(=C)C)c2cc(C=O)ccc12. The summed E-state index contributed by atoms with van der Waals surface area (Å²) in [4.78, 5) is 35.0. The van der Waals surface area contributed by atoms with Crippen molar-refractivity contribution in [1.29, 1.82) is 0 Å². The third-order valence-corrected chi connectivity index (χ3v) is 6.42. The predicted octanol–water partition coefficient (Wildman–Crippen LogP) is 4.15. The van der Waals surface area contributed by atoms with Crippen molar-refractivity contribution in [3.63, 3.8) is 0 Å². The third-order valence-electron chi connectivity index (χ3n) is 6.42. The van der Waals surface area contributed by atoms with Gasteiger partial charge in [-0.3, -0.25) is 14.4 Å². The molecule has 4 N–H and O–H groups in total. The van der Waals surface area contributed by atoms with Crippen LogP contribution in [0.4, 0.5) is 0 Å². The smallest absolute Gasteiger partial charge is 0.246 e. The summed E-state index contributed by atoms with van der Waals surface area (Å²) < 4.78 is 0. The topological polar surface area (TPSA) is 99.3 Å². The molecule has 0 unspecified atom stereocenters. The molecule has 0 fully saturated rings. The fraction of sp³-hybridized carbons (Fsp3) is 0.323. The number of hydrogen-bond donors (Lipinski definition) is 4. The van der Waals surface area contributed by atoms with Gasteiger partial charge in [0.15, 0.2) is 0 Å². The second-order valence-electron chi connectivity index (χ2n) is 9.56. The van der Waals surface area contributed by atoms with Crippen LogP contribution in [0.1, 0.15) is 48.2 Å². The second kappa shape index (κ2) is 14.2. The molecule has 0 saturated heterocycles. The molecule has 0 heterocycles. The number of amides is 2. The van der Waals surface area contributed by atoms with E-state index in [2.05, 4.69) is 46.6 Å². The normalized spacial score (nSPS) is 10.9. The molecule has 0 atom stereocenters. The van der Waals surface area contributed by atoms with E-state index in [-0.39, 0.29) is 11.8 Å². The Kier molecular flexibility index (Phi) is 10.8. The summed E-state index contributed by atoms with van der Waals surface area (Å²) in [6.45, 7) is 14.7. The highest BCUT2D eigenvalue weighted by atomic mass is 16.2. The van der Waals surface area contributed by atoms with Crippen molar-refractivity contribution < 1.29 is 14.4 Å². The van der Waals surface area contributed by atoms with Crippen molar-refractivity contribution in [2.45, 2.75) is 39.8 Å². The highest BCUT2D eigenvalue weighted by Gasteiger charge is 2.14. The zero-order valence-corrected chi connectivity index (χ0v) is 22.4. The van der Waals surface area contributed by atoms with Gasteiger partial charge >= 0.3 is 0 Å². The highest BCUT2D eigenvalue weighted by Crippen LogP contribution is 2.33. The van der Waals surface area contributed by atoms with Gasteiger partial charge in [-0.15, -0.1) is 0 Å². The van der Waals surface area contributed by atoms with Crippen LogP contribution in [0.2, 0.25) is 0 Å². The fourth-order valence-electron chi connectivity index (χ4n) is 4.39. The summed E-state index contributed by atoms with van der Waals surface area (Å²) in [5, 5.41) is 17.2. The lowest BCUT2D eigenvalue weighted by Gasteiger charge is -2.18. The van der Waals surface area contributed by atoms with E-state index in [4.69, 9.17) is 0 Å². The Balaban J connectivity index is 1.76. The van der Waals surface area contributed by atoms with Crippen molar-refractivity contribution in [2.75, 3.05) is 26.2 Å². The number of carbonyl (C=O) groups is 3. The van der Waals surface area contributed by atoms with Crippen molar-refractivity contribution in [3.05, 3.63) is 83.5 Å². The summed E-state index contributed by atoms with van der Waals surface area (Å²) in [5.41, 5.74) is 3.99. The van der Waals surface area contributed by atoms with E-state index in [1.54, 1.807) is 13.8 Å². The highest BCUT2D eigenvalue weighted by molar-refractivity contribution is 6.07. The maximum absolute atomic E-state index is 11.7. The first-order valence-corrected chi connectivity index (χ1v) is 13.0. The van der Waals surface area contributed by atoms with Crippen LogP contribution in [0.3, 0.4) is 0 Å². The van der Waals surface area contributed by atoms with Gasteiger partial charge in [-0.25, -0.2) is 0 Å². The van der Waals surface area contributed by atoms with Gasteiger partial charge in [0, 0.05) is 42.9 Å². The minimum absolute atomic E-state index is 0.117. The Morgan fingerprint density at radius 1 is 0.711 bits per heavy atom. The zero-order valence-electron chi connectivity index (χ0n) is 22.4. The average molecular weight is 515 g/mol. The van der Waals surface area contributed by atoms with Crippen LogP contribution < -0.4 is 21.3 Å². The van der Waals surface area contributed by atoms with Crippen LogP contribution in [0.25, 0.3) is 21.5 Å². The summed E-state index contributed by atoms with van der Waals surface area (Å²) in [6.07, 6.45) is 2.48. The molecule has 3 aromatic carbocycles. The third kappa shape index (κ3) is 7.60. The van der Waals surface area contributed by atoms with Crippen LogP contribution in [0.15, 0.2) is 66.8 Å². The Labute approximate surface area is 224 Å². The lowest BCUT2D eigenvalue weighted by Crippen LogP contribution is -2.27. The first-order valence-electron chi connectivity index (χ1n) is 13.0. The molecule has 3 rings (SSSR count). The van der Waals surface area contributed by atoms with Gasteiger partial charge in [-0.2, -0.15) is 0 Å². The molecule has 7 heteroatoms. The van der Waals surface area contributed by atoms with Gasteiger partial charge < -0.3 is 21.3 Å². The molecular weight excluding hydrogens is 476 g/mol. The van der Waals surface area contributed by atoms with Gasteiger partial charge in [0.25, 0.3) is 0 Å². The van der Waals surface area contributed by atoms with E-state index in [0.717, 1.165) is 53.9 Å². The molecule has 0 aliphatic heterocycles. The molecule has 0 spiro atoms. The van der Waals surface area contributed by atoms with Gasteiger partial charge in [0.1, 0.15) is 6.29 Å². The van der Waals surface area contributed by atoms with E-state index in [1.807, 2.05) is 30.3 Å². The van der Waals surface area contributed by atoms with E-state index in [1.165, 1.54) is 10.9 Å². The molecule has 0 aliphatic rings. The molecule has 0 aliphatic carbocycles. The monoisotopic (exact) mass is 514 g/mol. The Morgan fingerprint density at radius 2 is 1.18 bits per heavy atom. The van der Waals surface area contributed by atoms with Crippen LogP contribution in [-0.2, 0) is 22.7 Å². The Bertz CT molecular complexity index is 1350. The summed E-state index contributed by atoms with van der Waals surface area (Å²) in [5.74, 6) is -0.238. The van der Waals surface area contributed by atoms with E-state index in [9.17, 15) is 14.4 Å². The lowest BCUT2D eigenvalue weighted by molar-refractivity contribution is -0.118. The predicted molar refractivity (Wildman–Crippen MR) is 155 cm³/mol. The van der Waals surface area contributed by atoms with E-state index in [0.29, 0.717) is 42.9 Å². The quantitative estimate of drug-likeness (QED) is 0.106. The van der Waals surface area contributed by atoms with Crippen molar-refractivity contribution in [2.24, 2.45) is 0 Å². The Hall–Kier alpha value is -3.81. The van der Waals surface area contributed by atoms with Crippen LogP contribution >= 0.6 is 0 Å². The molecule has 0 radical (unpaired) electrons. The zero-order chi connectivity index (χ0) is 27.5. The standard InChI is InChI=1S/C31H38N4O3/c1-21(2)30(37)34-15-7-13-32-18-28-24-9-5-6-10-25(24)29(27-17-23(20-36)11-12-26(27)28)19-33-14-8-16-35-31(38)22(3)4/h5-6,9-12,17,20,32-33H,1,3,7-8,13-16,18-19H2,2,4H3,(H,34,37)(H,35,38).